The average molecular weight is 486 g/mol. The molecule has 0 bridgehead atoms. The Hall–Kier alpha value is -2.00. The molecule has 2 aliphatic heterocycles. The number of aliphatic hydroxyl groups is 4. The third kappa shape index (κ3) is 6.42. The van der Waals surface area contributed by atoms with Crippen molar-refractivity contribution < 1.29 is 29.9 Å². The number of nitrogens with one attached hydrogen (secondary N) is 1. The maximum Gasteiger partial charge on any atom is 0.113 e. The number of benzene rings is 1. The molecule has 0 radical (unpaired) electrons. The van der Waals surface area contributed by atoms with Gasteiger partial charge in [-0.2, -0.15) is 0 Å². The van der Waals surface area contributed by atoms with E-state index in [0.29, 0.717) is 17.9 Å². The van der Waals surface area contributed by atoms with Crippen LogP contribution in [0.15, 0.2) is 54.3 Å². The molecule has 35 heavy (non-hydrogen) atoms. The van der Waals surface area contributed by atoms with Crippen LogP contribution in [0.4, 0.5) is 0 Å². The highest BCUT2D eigenvalue weighted by atomic mass is 16.5. The quantitative estimate of drug-likeness (QED) is 0.270. The van der Waals surface area contributed by atoms with Crippen LogP contribution in [0.1, 0.15) is 61.3 Å². The molecule has 7 heteroatoms. The Morgan fingerprint density at radius 3 is 2.49 bits per heavy atom. The SMILES string of the molecule is C=C/C(=C\C=C(/C)OC1CCNCC1)Cc1cc([C@@H]2O[C@H](CO)[C@@H](O)[C@H](O)[C@H]2O)ccc1C1CC1. The van der Waals surface area contributed by atoms with Gasteiger partial charge in [0.25, 0.3) is 0 Å². The maximum atomic E-state index is 10.6. The van der Waals surface area contributed by atoms with Gasteiger partial charge >= 0.3 is 0 Å². The van der Waals surface area contributed by atoms with E-state index in [9.17, 15) is 20.4 Å². The molecule has 5 N–H and O–H groups in total. The van der Waals surface area contributed by atoms with Crippen molar-refractivity contribution in [3.63, 3.8) is 0 Å². The van der Waals surface area contributed by atoms with Crippen molar-refractivity contribution in [1.29, 1.82) is 0 Å². The van der Waals surface area contributed by atoms with E-state index >= 15 is 0 Å². The van der Waals surface area contributed by atoms with Crippen LogP contribution in [-0.2, 0) is 15.9 Å². The normalized spacial score (nSPS) is 30.8. The van der Waals surface area contributed by atoms with Crippen LogP contribution in [-0.4, -0.2) is 70.6 Å². The number of piperidine rings is 1. The Bertz CT molecular complexity index is 931. The summed E-state index contributed by atoms with van der Waals surface area (Å²) in [7, 11) is 0. The monoisotopic (exact) mass is 485 g/mol. The fourth-order valence-electron chi connectivity index (χ4n) is 4.98. The largest absolute Gasteiger partial charge is 0.495 e. The molecule has 3 fully saturated rings. The van der Waals surface area contributed by atoms with Gasteiger partial charge in [-0.25, -0.2) is 0 Å². The molecule has 7 nitrogen and oxygen atoms in total. The Kier molecular flexibility index (Phi) is 8.81. The van der Waals surface area contributed by atoms with Crippen molar-refractivity contribution in [3.05, 3.63) is 71.0 Å². The zero-order valence-corrected chi connectivity index (χ0v) is 20.5. The Labute approximate surface area is 207 Å². The van der Waals surface area contributed by atoms with Crippen molar-refractivity contribution in [2.45, 2.75) is 81.6 Å². The fraction of sp³-hybridized carbons (Fsp3) is 0.571. The molecule has 2 saturated heterocycles. The van der Waals surface area contributed by atoms with Gasteiger partial charge in [-0.15, -0.1) is 0 Å². The molecule has 0 unspecified atom stereocenters. The smallest absolute Gasteiger partial charge is 0.113 e. The van der Waals surface area contributed by atoms with Gasteiger partial charge < -0.3 is 35.2 Å². The van der Waals surface area contributed by atoms with Gasteiger partial charge in [-0.1, -0.05) is 36.9 Å². The molecular weight excluding hydrogens is 446 g/mol. The summed E-state index contributed by atoms with van der Waals surface area (Å²) < 4.78 is 11.9. The Morgan fingerprint density at radius 2 is 1.83 bits per heavy atom. The molecule has 3 aliphatic rings. The molecule has 0 aromatic heterocycles. The van der Waals surface area contributed by atoms with E-state index in [4.69, 9.17) is 9.47 Å². The second-order valence-corrected chi connectivity index (χ2v) is 9.95. The zero-order valence-electron chi connectivity index (χ0n) is 20.5. The number of allylic oxidation sites excluding steroid dienone is 5. The van der Waals surface area contributed by atoms with Gasteiger partial charge in [0, 0.05) is 0 Å². The fourth-order valence-corrected chi connectivity index (χ4v) is 4.98. The van der Waals surface area contributed by atoms with Crippen molar-refractivity contribution in [1.82, 2.24) is 5.32 Å². The Morgan fingerprint density at radius 1 is 1.09 bits per heavy atom. The topological polar surface area (TPSA) is 111 Å². The summed E-state index contributed by atoms with van der Waals surface area (Å²) in [6, 6.07) is 6.00. The molecular formula is C28H39NO6. The van der Waals surface area contributed by atoms with Gasteiger partial charge in [0.2, 0.25) is 0 Å². The van der Waals surface area contributed by atoms with Gasteiger partial charge in [0.1, 0.15) is 36.6 Å². The van der Waals surface area contributed by atoms with Gasteiger partial charge in [-0.3, -0.25) is 0 Å². The molecule has 1 aromatic rings. The highest BCUT2D eigenvalue weighted by molar-refractivity contribution is 5.42. The summed E-state index contributed by atoms with van der Waals surface area (Å²) >= 11 is 0. The van der Waals surface area contributed by atoms with Crippen LogP contribution in [0.5, 0.6) is 0 Å². The van der Waals surface area contributed by atoms with Crippen LogP contribution in [0.3, 0.4) is 0 Å². The molecule has 2 heterocycles. The summed E-state index contributed by atoms with van der Waals surface area (Å²) in [6.45, 7) is 7.52. The van der Waals surface area contributed by atoms with Gasteiger partial charge in [0.05, 0.1) is 12.4 Å². The van der Waals surface area contributed by atoms with Crippen molar-refractivity contribution in [2.75, 3.05) is 19.7 Å². The first-order chi connectivity index (χ1) is 16.9. The first kappa shape index (κ1) is 26.1. The first-order valence-electron chi connectivity index (χ1n) is 12.7. The summed E-state index contributed by atoms with van der Waals surface area (Å²) in [4.78, 5) is 0. The van der Waals surface area contributed by atoms with Crippen LogP contribution >= 0.6 is 0 Å². The van der Waals surface area contributed by atoms with Crippen LogP contribution in [0, 0.1) is 0 Å². The number of aliphatic hydroxyl groups excluding tert-OH is 4. The van der Waals surface area contributed by atoms with Crippen molar-refractivity contribution in [2.24, 2.45) is 0 Å². The predicted octanol–water partition coefficient (Wildman–Crippen LogP) is 2.41. The number of ether oxygens (including phenoxy) is 2. The molecule has 4 rings (SSSR count). The van der Waals surface area contributed by atoms with E-state index < -0.39 is 37.1 Å². The van der Waals surface area contributed by atoms with E-state index in [2.05, 4.69) is 18.0 Å². The standard InChI is InChI=1S/C28H39NO6/c1-3-18(5-4-17(2)34-22-10-12-29-13-11-22)14-21-15-20(8-9-23(21)19-6-7-19)28-27(33)26(32)25(31)24(16-30)35-28/h3-5,8-9,15,19,22,24-33H,1,6-7,10-14,16H2,2H3/b17-4+,18-5+/t24-,25-,26+,27-,28+/m1/s1. The van der Waals surface area contributed by atoms with Crippen LogP contribution in [0.2, 0.25) is 0 Å². The minimum atomic E-state index is -1.39. The zero-order chi connectivity index (χ0) is 24.9. The highest BCUT2D eigenvalue weighted by Crippen LogP contribution is 2.43. The number of hydrogen-bond donors (Lipinski definition) is 5. The van der Waals surface area contributed by atoms with Crippen LogP contribution < -0.4 is 5.32 Å². The molecule has 0 spiro atoms. The van der Waals surface area contributed by atoms with E-state index in [1.54, 1.807) is 0 Å². The lowest BCUT2D eigenvalue weighted by atomic mass is 9.88. The number of rotatable bonds is 9. The van der Waals surface area contributed by atoms with Gasteiger partial charge in [-0.05, 0) is 86.4 Å². The third-order valence-corrected chi connectivity index (χ3v) is 7.23. The van der Waals surface area contributed by atoms with Crippen molar-refractivity contribution >= 4 is 0 Å². The lowest BCUT2D eigenvalue weighted by Gasteiger charge is -2.40. The molecule has 5 atom stereocenters. The average Bonchev–Trinajstić information content (AvgIpc) is 3.71. The summed E-state index contributed by atoms with van der Waals surface area (Å²) in [5, 5.41) is 43.9. The van der Waals surface area contributed by atoms with Gasteiger partial charge in [0.15, 0.2) is 0 Å². The molecule has 0 amide bonds. The van der Waals surface area contributed by atoms with E-state index in [-0.39, 0.29) is 6.10 Å². The molecule has 192 valence electrons. The van der Waals surface area contributed by atoms with E-state index in [1.165, 1.54) is 5.56 Å². The molecule has 1 aliphatic carbocycles. The first-order valence-corrected chi connectivity index (χ1v) is 12.7. The minimum absolute atomic E-state index is 0.254. The minimum Gasteiger partial charge on any atom is -0.495 e. The van der Waals surface area contributed by atoms with Crippen molar-refractivity contribution in [3.8, 4) is 0 Å². The predicted molar refractivity (Wildman–Crippen MR) is 134 cm³/mol. The molecule has 1 saturated carbocycles. The molecule has 1 aromatic carbocycles. The van der Waals surface area contributed by atoms with E-state index in [0.717, 1.165) is 55.7 Å². The lowest BCUT2D eigenvalue weighted by molar-refractivity contribution is -0.231. The number of hydrogen-bond acceptors (Lipinski definition) is 7. The van der Waals surface area contributed by atoms with E-state index in [1.807, 2.05) is 37.3 Å². The summed E-state index contributed by atoms with van der Waals surface area (Å²) in [5.74, 6) is 1.41. The second kappa shape index (κ2) is 11.8. The summed E-state index contributed by atoms with van der Waals surface area (Å²) in [6.07, 6.45) is 5.33. The lowest BCUT2D eigenvalue weighted by Crippen LogP contribution is -2.55. The van der Waals surface area contributed by atoms with Crippen LogP contribution in [0.25, 0.3) is 0 Å². The maximum absolute atomic E-state index is 10.6. The summed E-state index contributed by atoms with van der Waals surface area (Å²) in [5.41, 5.74) is 4.16. The Balaban J connectivity index is 1.53. The third-order valence-electron chi connectivity index (χ3n) is 7.23. The second-order valence-electron chi connectivity index (χ2n) is 9.95. The highest BCUT2D eigenvalue weighted by Gasteiger charge is 2.44.